The summed E-state index contributed by atoms with van der Waals surface area (Å²) in [7, 11) is 0. The quantitative estimate of drug-likeness (QED) is 0.259. The number of nitro benzene ring substituents is 1. The van der Waals surface area contributed by atoms with Gasteiger partial charge in [0.25, 0.3) is 17.5 Å². The van der Waals surface area contributed by atoms with Crippen molar-refractivity contribution in [1.29, 1.82) is 0 Å². The fourth-order valence-electron chi connectivity index (χ4n) is 3.42. The molecule has 32 heavy (non-hydrogen) atoms. The molecule has 0 atom stereocenters. The predicted octanol–water partition coefficient (Wildman–Crippen LogP) is 4.16. The number of nitrogens with one attached hydrogen (secondary N) is 1. The van der Waals surface area contributed by atoms with E-state index in [0.29, 0.717) is 24.3 Å². The Morgan fingerprint density at radius 2 is 1.69 bits per heavy atom. The maximum atomic E-state index is 13.2. The normalized spacial score (nSPS) is 13.9. The fraction of sp³-hybridized carbons (Fsp3) is 0.333. The summed E-state index contributed by atoms with van der Waals surface area (Å²) >= 11 is 0. The van der Waals surface area contributed by atoms with E-state index in [1.807, 2.05) is 38.1 Å². The Hall–Kier alpha value is -3.52. The monoisotopic (exact) mass is 437 g/mol. The van der Waals surface area contributed by atoms with Crippen LogP contribution in [0.3, 0.4) is 0 Å². The van der Waals surface area contributed by atoms with E-state index in [4.69, 9.17) is 4.74 Å². The number of ether oxygens (including phenoxy) is 1. The van der Waals surface area contributed by atoms with Crippen LogP contribution >= 0.6 is 0 Å². The molecule has 0 fully saturated rings. The Morgan fingerprint density at radius 3 is 2.25 bits per heavy atom. The highest BCUT2D eigenvalue weighted by Crippen LogP contribution is 2.31. The van der Waals surface area contributed by atoms with Crippen molar-refractivity contribution in [3.8, 4) is 0 Å². The number of imide groups is 1. The standard InChI is InChI=1S/C24H27N3O5/c1-4-17-6-10-19(11-7-17)25-22-21(18-8-12-20(13-9-18)27(30)31)23(28)26(24(22)29)14-5-15-32-16(2)3/h6-13,16,25H,4-5,14-15H2,1-3H3. The largest absolute Gasteiger partial charge is 0.379 e. The SMILES string of the molecule is CCc1ccc(NC2=C(c3ccc([N+](=O)[O-])cc3)C(=O)N(CCCOC(C)C)C2=O)cc1. The molecule has 0 unspecified atom stereocenters. The lowest BCUT2D eigenvalue weighted by atomic mass is 10.0. The van der Waals surface area contributed by atoms with Crippen LogP contribution in [0.1, 0.15) is 38.3 Å². The lowest BCUT2D eigenvalue weighted by Gasteiger charge is -2.16. The zero-order valence-corrected chi connectivity index (χ0v) is 18.5. The second-order valence-electron chi connectivity index (χ2n) is 7.76. The highest BCUT2D eigenvalue weighted by Gasteiger charge is 2.39. The number of nitrogens with zero attached hydrogens (tertiary/aromatic N) is 2. The summed E-state index contributed by atoms with van der Waals surface area (Å²) < 4.78 is 5.52. The first-order valence-corrected chi connectivity index (χ1v) is 10.6. The number of amides is 2. The van der Waals surface area contributed by atoms with Crippen LogP contribution in [0.25, 0.3) is 5.57 Å². The van der Waals surface area contributed by atoms with Gasteiger partial charge in [0.15, 0.2) is 0 Å². The van der Waals surface area contributed by atoms with Gasteiger partial charge in [-0.15, -0.1) is 0 Å². The van der Waals surface area contributed by atoms with Gasteiger partial charge in [0.2, 0.25) is 0 Å². The van der Waals surface area contributed by atoms with E-state index in [1.165, 1.54) is 29.2 Å². The molecule has 1 aliphatic rings. The molecule has 0 saturated heterocycles. The number of non-ortho nitro benzene ring substituents is 1. The van der Waals surface area contributed by atoms with Crippen LogP contribution in [-0.2, 0) is 20.7 Å². The molecular weight excluding hydrogens is 410 g/mol. The number of carbonyl (C=O) groups excluding carboxylic acids is 2. The molecule has 0 spiro atoms. The van der Waals surface area contributed by atoms with Crippen molar-refractivity contribution >= 4 is 28.8 Å². The molecule has 2 amide bonds. The summed E-state index contributed by atoms with van der Waals surface area (Å²) in [6.45, 7) is 6.56. The summed E-state index contributed by atoms with van der Waals surface area (Å²) in [5.74, 6) is -0.853. The van der Waals surface area contributed by atoms with Gasteiger partial charge in [-0.25, -0.2) is 0 Å². The molecule has 0 aliphatic carbocycles. The zero-order valence-electron chi connectivity index (χ0n) is 18.5. The highest BCUT2D eigenvalue weighted by atomic mass is 16.6. The van der Waals surface area contributed by atoms with E-state index in [9.17, 15) is 19.7 Å². The van der Waals surface area contributed by atoms with Gasteiger partial charge in [-0.05, 0) is 62.1 Å². The summed E-state index contributed by atoms with van der Waals surface area (Å²) in [5.41, 5.74) is 2.57. The maximum absolute atomic E-state index is 13.2. The minimum absolute atomic E-state index is 0.0668. The van der Waals surface area contributed by atoms with Crippen LogP contribution in [0.2, 0.25) is 0 Å². The molecule has 0 aromatic heterocycles. The third-order valence-electron chi connectivity index (χ3n) is 5.14. The molecule has 0 radical (unpaired) electrons. The molecule has 1 heterocycles. The van der Waals surface area contributed by atoms with Crippen molar-refractivity contribution in [3.63, 3.8) is 0 Å². The number of hydrogen-bond acceptors (Lipinski definition) is 6. The van der Waals surface area contributed by atoms with Crippen molar-refractivity contribution in [3.05, 3.63) is 75.5 Å². The van der Waals surface area contributed by atoms with Crippen LogP contribution < -0.4 is 5.32 Å². The topological polar surface area (TPSA) is 102 Å². The fourth-order valence-corrected chi connectivity index (χ4v) is 3.42. The van der Waals surface area contributed by atoms with Crippen molar-refractivity contribution in [2.75, 3.05) is 18.5 Å². The molecule has 1 aliphatic heterocycles. The Morgan fingerprint density at radius 1 is 1.03 bits per heavy atom. The first-order chi connectivity index (χ1) is 15.3. The maximum Gasteiger partial charge on any atom is 0.278 e. The van der Waals surface area contributed by atoms with E-state index >= 15 is 0 Å². The van der Waals surface area contributed by atoms with Crippen LogP contribution in [0.5, 0.6) is 0 Å². The van der Waals surface area contributed by atoms with Crippen LogP contribution in [0, 0.1) is 10.1 Å². The number of carbonyl (C=O) groups is 2. The first-order valence-electron chi connectivity index (χ1n) is 10.6. The van der Waals surface area contributed by atoms with E-state index < -0.39 is 16.7 Å². The van der Waals surface area contributed by atoms with Crippen molar-refractivity contribution in [1.82, 2.24) is 4.90 Å². The van der Waals surface area contributed by atoms with E-state index in [1.54, 1.807) is 0 Å². The van der Waals surface area contributed by atoms with E-state index in [2.05, 4.69) is 12.2 Å². The summed E-state index contributed by atoms with van der Waals surface area (Å²) in [6.07, 6.45) is 1.47. The predicted molar refractivity (Wildman–Crippen MR) is 122 cm³/mol. The van der Waals surface area contributed by atoms with Crippen molar-refractivity contribution in [2.45, 2.75) is 39.7 Å². The number of rotatable bonds is 10. The summed E-state index contributed by atoms with van der Waals surface area (Å²) in [5, 5.41) is 14.1. The van der Waals surface area contributed by atoms with Gasteiger partial charge in [-0.1, -0.05) is 19.1 Å². The van der Waals surface area contributed by atoms with Crippen molar-refractivity contribution in [2.24, 2.45) is 0 Å². The molecule has 0 bridgehead atoms. The number of nitro groups is 1. The lowest BCUT2D eigenvalue weighted by molar-refractivity contribution is -0.384. The molecule has 0 saturated carbocycles. The first kappa shape index (κ1) is 23.1. The number of aryl methyl sites for hydroxylation is 1. The van der Waals surface area contributed by atoms with Gasteiger partial charge < -0.3 is 10.1 Å². The lowest BCUT2D eigenvalue weighted by Crippen LogP contribution is -2.34. The van der Waals surface area contributed by atoms with Gasteiger partial charge in [-0.2, -0.15) is 0 Å². The molecule has 1 N–H and O–H groups in total. The minimum Gasteiger partial charge on any atom is -0.379 e. The van der Waals surface area contributed by atoms with Gasteiger partial charge in [0.1, 0.15) is 5.70 Å². The molecule has 3 rings (SSSR count). The highest BCUT2D eigenvalue weighted by molar-refractivity contribution is 6.36. The van der Waals surface area contributed by atoms with Gasteiger partial charge in [0, 0.05) is 31.0 Å². The number of hydrogen-bond donors (Lipinski definition) is 1. The van der Waals surface area contributed by atoms with E-state index in [-0.39, 0.29) is 29.6 Å². The zero-order chi connectivity index (χ0) is 23.3. The molecular formula is C24H27N3O5. The molecule has 2 aromatic rings. The molecule has 2 aromatic carbocycles. The number of benzene rings is 2. The third kappa shape index (κ3) is 5.20. The minimum atomic E-state index is -0.505. The third-order valence-corrected chi connectivity index (χ3v) is 5.14. The second kappa shape index (κ2) is 10.2. The Bertz CT molecular complexity index is 1030. The average molecular weight is 437 g/mol. The molecule has 8 heteroatoms. The second-order valence-corrected chi connectivity index (χ2v) is 7.76. The van der Waals surface area contributed by atoms with Gasteiger partial charge in [0.05, 0.1) is 16.6 Å². The number of anilines is 1. The summed E-state index contributed by atoms with van der Waals surface area (Å²) in [6, 6.07) is 13.3. The van der Waals surface area contributed by atoms with Crippen LogP contribution in [0.15, 0.2) is 54.2 Å². The van der Waals surface area contributed by atoms with Crippen molar-refractivity contribution < 1.29 is 19.2 Å². The molecule has 8 nitrogen and oxygen atoms in total. The smallest absolute Gasteiger partial charge is 0.278 e. The Balaban J connectivity index is 1.91. The van der Waals surface area contributed by atoms with E-state index in [0.717, 1.165) is 12.0 Å². The Kier molecular flexibility index (Phi) is 7.37. The Labute approximate surface area is 187 Å². The molecule has 168 valence electrons. The van der Waals surface area contributed by atoms with Crippen LogP contribution in [-0.4, -0.2) is 40.9 Å². The summed E-state index contributed by atoms with van der Waals surface area (Å²) in [4.78, 5) is 38.1. The average Bonchev–Trinajstić information content (AvgIpc) is 3.01. The van der Waals surface area contributed by atoms with Gasteiger partial charge in [-0.3, -0.25) is 24.6 Å². The van der Waals surface area contributed by atoms with Gasteiger partial charge >= 0.3 is 0 Å². The van der Waals surface area contributed by atoms with Crippen LogP contribution in [0.4, 0.5) is 11.4 Å².